The molecule has 11 heteroatoms. The van der Waals surface area contributed by atoms with Crippen LogP contribution in [0.5, 0.6) is 0 Å². The number of likely N-dealkylation sites (tertiary alicyclic amines) is 1. The van der Waals surface area contributed by atoms with Crippen molar-refractivity contribution in [1.82, 2.24) is 19.8 Å². The second-order valence-corrected chi connectivity index (χ2v) is 8.47. The van der Waals surface area contributed by atoms with Crippen LogP contribution in [0.4, 0.5) is 13.2 Å². The van der Waals surface area contributed by atoms with Gasteiger partial charge in [-0.1, -0.05) is 6.92 Å². The van der Waals surface area contributed by atoms with Gasteiger partial charge in [-0.3, -0.25) is 9.59 Å². The van der Waals surface area contributed by atoms with Crippen molar-refractivity contribution in [3.8, 4) is 11.4 Å². The maximum Gasteiger partial charge on any atom is 0.433 e. The quantitative estimate of drug-likeness (QED) is 0.748. The topological polar surface area (TPSA) is 106 Å². The molecule has 0 saturated carbocycles. The highest BCUT2D eigenvalue weighted by Crippen LogP contribution is 2.35. The van der Waals surface area contributed by atoms with Crippen molar-refractivity contribution in [3.05, 3.63) is 35.5 Å². The zero-order valence-electron chi connectivity index (χ0n) is 17.6. The first-order valence-electron chi connectivity index (χ1n) is 10.4. The van der Waals surface area contributed by atoms with Crippen LogP contribution in [0.15, 0.2) is 23.0 Å². The van der Waals surface area contributed by atoms with Gasteiger partial charge in [0.15, 0.2) is 11.5 Å². The predicted octanol–water partition coefficient (Wildman–Crippen LogP) is 2.23. The summed E-state index contributed by atoms with van der Waals surface area (Å²) in [5.74, 6) is -0.0937. The third kappa shape index (κ3) is 4.62. The molecule has 0 bridgehead atoms. The van der Waals surface area contributed by atoms with Gasteiger partial charge in [-0.05, 0) is 18.4 Å². The van der Waals surface area contributed by atoms with Crippen LogP contribution < -0.4 is 5.73 Å². The lowest BCUT2D eigenvalue weighted by molar-refractivity contribution is -0.142. The number of alkyl halides is 3. The van der Waals surface area contributed by atoms with Crippen LogP contribution in [0.25, 0.3) is 11.4 Å². The molecule has 4 rings (SSSR count). The molecule has 2 aromatic rings. The number of fused-ring (bicyclic) bond motifs is 1. The first-order valence-corrected chi connectivity index (χ1v) is 10.4. The Kier molecular flexibility index (Phi) is 5.93. The van der Waals surface area contributed by atoms with E-state index in [-0.39, 0.29) is 67.3 Å². The van der Waals surface area contributed by atoms with E-state index in [0.717, 1.165) is 0 Å². The summed E-state index contributed by atoms with van der Waals surface area (Å²) in [6.07, 6.45) is -1.57. The van der Waals surface area contributed by atoms with E-state index < -0.39 is 17.9 Å². The molecule has 1 fully saturated rings. The van der Waals surface area contributed by atoms with Crippen molar-refractivity contribution in [2.24, 2.45) is 11.7 Å². The summed E-state index contributed by atoms with van der Waals surface area (Å²) in [6, 6.07) is 0.934. The predicted molar refractivity (Wildman–Crippen MR) is 107 cm³/mol. The van der Waals surface area contributed by atoms with Gasteiger partial charge in [0.25, 0.3) is 0 Å². The zero-order chi connectivity index (χ0) is 23.0. The molecular weight excluding hydrogens is 427 g/mol. The molecule has 0 spiro atoms. The number of nitrogens with two attached hydrogens (primary N) is 1. The highest BCUT2D eigenvalue weighted by molar-refractivity contribution is 5.79. The van der Waals surface area contributed by atoms with Crippen LogP contribution in [0.3, 0.4) is 0 Å². The van der Waals surface area contributed by atoms with E-state index in [9.17, 15) is 22.8 Å². The fourth-order valence-electron chi connectivity index (χ4n) is 4.25. The lowest BCUT2D eigenvalue weighted by Crippen LogP contribution is -2.44. The van der Waals surface area contributed by atoms with Gasteiger partial charge in [0.05, 0.1) is 24.1 Å². The summed E-state index contributed by atoms with van der Waals surface area (Å²) in [7, 11) is 0. The molecule has 172 valence electrons. The van der Waals surface area contributed by atoms with E-state index in [0.29, 0.717) is 18.5 Å². The minimum Gasteiger partial charge on any atom is -0.472 e. The Balaban J connectivity index is 1.49. The molecular formula is C21H24F3N5O3. The smallest absolute Gasteiger partial charge is 0.433 e. The Labute approximate surface area is 182 Å². The minimum absolute atomic E-state index is 0.000701. The number of carbonyl (C=O) groups excluding carboxylic acids is 2. The van der Waals surface area contributed by atoms with E-state index in [4.69, 9.17) is 10.2 Å². The Morgan fingerprint density at radius 2 is 2.16 bits per heavy atom. The largest absolute Gasteiger partial charge is 0.472 e. The highest BCUT2D eigenvalue weighted by atomic mass is 19.4. The van der Waals surface area contributed by atoms with Gasteiger partial charge in [-0.25, -0.2) is 9.97 Å². The number of hydrogen-bond donors (Lipinski definition) is 1. The molecule has 2 aliphatic rings. The van der Waals surface area contributed by atoms with Gasteiger partial charge < -0.3 is 20.0 Å². The molecule has 4 heterocycles. The van der Waals surface area contributed by atoms with Crippen molar-refractivity contribution in [2.75, 3.05) is 19.6 Å². The van der Waals surface area contributed by atoms with E-state index in [1.54, 1.807) is 4.90 Å². The fourth-order valence-corrected chi connectivity index (χ4v) is 4.25. The standard InChI is InChI=1S/C21H24F3N5O3/c1-12-6-17(30)29(8-12)9-14(25)7-18(31)28-4-2-15-16(10-28)26-20(13-3-5-32-11-13)27-19(15)21(22,23)24/h3,5,11-12,14H,2,4,6-10,25H2,1H3/t12?,14-/m0/s1. The van der Waals surface area contributed by atoms with Crippen molar-refractivity contribution in [1.29, 1.82) is 0 Å². The van der Waals surface area contributed by atoms with Crippen molar-refractivity contribution < 1.29 is 27.2 Å². The van der Waals surface area contributed by atoms with Crippen molar-refractivity contribution in [2.45, 2.75) is 44.9 Å². The number of halogens is 3. The molecule has 1 unspecified atom stereocenters. The van der Waals surface area contributed by atoms with Gasteiger partial charge in [0.1, 0.15) is 6.26 Å². The first kappa shape index (κ1) is 22.3. The third-order valence-electron chi connectivity index (χ3n) is 5.77. The van der Waals surface area contributed by atoms with E-state index in [1.165, 1.54) is 23.5 Å². The zero-order valence-corrected chi connectivity index (χ0v) is 17.6. The fraction of sp³-hybridized carbons (Fsp3) is 0.524. The summed E-state index contributed by atoms with van der Waals surface area (Å²) in [4.78, 5) is 35.9. The minimum atomic E-state index is -4.64. The summed E-state index contributed by atoms with van der Waals surface area (Å²) in [5, 5.41) is 0. The maximum atomic E-state index is 13.6. The highest BCUT2D eigenvalue weighted by Gasteiger charge is 2.39. The van der Waals surface area contributed by atoms with Crippen LogP contribution >= 0.6 is 0 Å². The Morgan fingerprint density at radius 1 is 1.38 bits per heavy atom. The van der Waals surface area contributed by atoms with E-state index >= 15 is 0 Å². The lowest BCUT2D eigenvalue weighted by Gasteiger charge is -2.31. The second-order valence-electron chi connectivity index (χ2n) is 8.47. The van der Waals surface area contributed by atoms with Crippen LogP contribution in [-0.4, -0.2) is 57.3 Å². The molecule has 2 amide bonds. The number of aromatic nitrogens is 2. The second kappa shape index (κ2) is 8.53. The van der Waals surface area contributed by atoms with Crippen LogP contribution in [0, 0.1) is 5.92 Å². The normalized spacial score (nSPS) is 19.9. The summed E-state index contributed by atoms with van der Waals surface area (Å²) >= 11 is 0. The average Bonchev–Trinajstić information content (AvgIpc) is 3.35. The molecule has 2 atom stereocenters. The van der Waals surface area contributed by atoms with E-state index in [2.05, 4.69) is 9.97 Å². The molecule has 32 heavy (non-hydrogen) atoms. The third-order valence-corrected chi connectivity index (χ3v) is 5.77. The van der Waals surface area contributed by atoms with Crippen LogP contribution in [0.2, 0.25) is 0 Å². The monoisotopic (exact) mass is 451 g/mol. The van der Waals surface area contributed by atoms with Gasteiger partial charge in [0, 0.05) is 44.1 Å². The number of furan rings is 1. The van der Waals surface area contributed by atoms with Crippen LogP contribution in [0.1, 0.15) is 36.7 Å². The van der Waals surface area contributed by atoms with Crippen molar-refractivity contribution in [3.63, 3.8) is 0 Å². The molecule has 2 N–H and O–H groups in total. The molecule has 0 aromatic carbocycles. The van der Waals surface area contributed by atoms with Crippen molar-refractivity contribution >= 4 is 11.8 Å². The molecule has 8 nitrogen and oxygen atoms in total. The first-order chi connectivity index (χ1) is 15.1. The number of rotatable bonds is 5. The molecule has 2 aromatic heterocycles. The summed E-state index contributed by atoms with van der Waals surface area (Å²) in [6.45, 7) is 2.94. The molecule has 0 radical (unpaired) electrons. The molecule has 2 aliphatic heterocycles. The summed E-state index contributed by atoms with van der Waals surface area (Å²) < 4.78 is 45.8. The van der Waals surface area contributed by atoms with E-state index in [1.807, 2.05) is 6.92 Å². The van der Waals surface area contributed by atoms with Gasteiger partial charge in [-0.2, -0.15) is 13.2 Å². The lowest BCUT2D eigenvalue weighted by atomic mass is 10.0. The SMILES string of the molecule is CC1CC(=O)N(C[C@@H](N)CC(=O)N2CCc3c(nc(-c4ccoc4)nc3C(F)(F)F)C2)C1. The van der Waals surface area contributed by atoms with Crippen LogP contribution in [-0.2, 0) is 28.7 Å². The maximum absolute atomic E-state index is 13.6. The number of hydrogen-bond acceptors (Lipinski definition) is 6. The Bertz CT molecular complexity index is 1010. The summed E-state index contributed by atoms with van der Waals surface area (Å²) in [5.41, 5.74) is 5.63. The molecule has 1 saturated heterocycles. The Morgan fingerprint density at radius 3 is 2.78 bits per heavy atom. The number of carbonyl (C=O) groups is 2. The molecule has 0 aliphatic carbocycles. The number of amides is 2. The Hall–Kier alpha value is -2.95. The van der Waals surface area contributed by atoms with Gasteiger partial charge in [-0.15, -0.1) is 0 Å². The van der Waals surface area contributed by atoms with Gasteiger partial charge in [0.2, 0.25) is 11.8 Å². The van der Waals surface area contributed by atoms with Gasteiger partial charge >= 0.3 is 6.18 Å². The average molecular weight is 451 g/mol. The number of nitrogens with zero attached hydrogens (tertiary/aromatic N) is 4.